The molecular formula is C14H14ClNO2S. The Hall–Kier alpha value is -1.26. The summed E-state index contributed by atoms with van der Waals surface area (Å²) in [6.45, 7) is 2.29. The van der Waals surface area contributed by atoms with Gasteiger partial charge in [0.15, 0.2) is 0 Å². The average molecular weight is 296 g/mol. The van der Waals surface area contributed by atoms with E-state index in [1.165, 1.54) is 4.31 Å². The van der Waals surface area contributed by atoms with Crippen molar-refractivity contribution < 1.29 is 8.42 Å². The van der Waals surface area contributed by atoms with Crippen molar-refractivity contribution in [2.75, 3.05) is 10.8 Å². The summed E-state index contributed by atoms with van der Waals surface area (Å²) in [6.07, 6.45) is 0.630. The van der Waals surface area contributed by atoms with Crippen LogP contribution in [0.2, 0.25) is 0 Å². The number of sulfonamides is 1. The Morgan fingerprint density at radius 3 is 2.58 bits per heavy atom. The van der Waals surface area contributed by atoms with Crippen LogP contribution in [-0.2, 0) is 10.0 Å². The van der Waals surface area contributed by atoms with Gasteiger partial charge in [-0.15, -0.1) is 11.6 Å². The Morgan fingerprint density at radius 2 is 1.89 bits per heavy atom. The van der Waals surface area contributed by atoms with E-state index in [1.807, 2.05) is 31.2 Å². The molecule has 1 atom stereocenters. The van der Waals surface area contributed by atoms with Crippen LogP contribution in [0.25, 0.3) is 10.8 Å². The zero-order valence-corrected chi connectivity index (χ0v) is 12.1. The molecule has 0 aromatic heterocycles. The van der Waals surface area contributed by atoms with E-state index >= 15 is 0 Å². The minimum absolute atomic E-state index is 0.0434. The normalized spacial score (nSPS) is 17.9. The molecule has 1 heterocycles. The third kappa shape index (κ3) is 1.90. The van der Waals surface area contributed by atoms with Crippen molar-refractivity contribution in [1.82, 2.24) is 0 Å². The molecule has 0 N–H and O–H groups in total. The van der Waals surface area contributed by atoms with E-state index in [1.54, 1.807) is 12.1 Å². The van der Waals surface area contributed by atoms with Gasteiger partial charge in [0.1, 0.15) is 0 Å². The average Bonchev–Trinajstić information content (AvgIpc) is 2.58. The fourth-order valence-corrected chi connectivity index (χ4v) is 4.32. The van der Waals surface area contributed by atoms with E-state index in [9.17, 15) is 8.42 Å². The Labute approximate surface area is 117 Å². The molecule has 1 unspecified atom stereocenters. The second-order valence-corrected chi connectivity index (χ2v) is 7.35. The fraction of sp³-hybridized carbons (Fsp3) is 0.286. The lowest BCUT2D eigenvalue weighted by atomic mass is 10.1. The lowest BCUT2D eigenvalue weighted by Gasteiger charge is -2.19. The van der Waals surface area contributed by atoms with Gasteiger partial charge in [-0.1, -0.05) is 24.3 Å². The van der Waals surface area contributed by atoms with Gasteiger partial charge in [-0.3, -0.25) is 4.31 Å². The van der Waals surface area contributed by atoms with E-state index in [0.29, 0.717) is 17.9 Å². The number of anilines is 1. The number of nitrogens with zero attached hydrogens (tertiary/aromatic N) is 1. The van der Waals surface area contributed by atoms with Crippen LogP contribution >= 0.6 is 11.6 Å². The summed E-state index contributed by atoms with van der Waals surface area (Å²) < 4.78 is 26.6. The van der Waals surface area contributed by atoms with E-state index in [-0.39, 0.29) is 5.38 Å². The predicted octanol–water partition coefficient (Wildman–Crippen LogP) is 3.37. The molecular weight excluding hydrogens is 282 g/mol. The standard InChI is InChI=1S/C14H14ClNO2S/c1-10(15)8-9-16-12-6-2-4-11-5-3-7-13(14(11)12)19(16,17)18/h2-7,10H,8-9H2,1H3. The van der Waals surface area contributed by atoms with Gasteiger partial charge < -0.3 is 0 Å². The van der Waals surface area contributed by atoms with Crippen LogP contribution in [0.5, 0.6) is 0 Å². The molecule has 19 heavy (non-hydrogen) atoms. The maximum absolute atomic E-state index is 12.6. The summed E-state index contributed by atoms with van der Waals surface area (Å²) in [6, 6.07) is 11.1. The molecule has 0 bridgehead atoms. The first-order valence-corrected chi connectivity index (χ1v) is 8.08. The van der Waals surface area contributed by atoms with Crippen LogP contribution in [0.3, 0.4) is 0 Å². The van der Waals surface area contributed by atoms with Crippen molar-refractivity contribution in [3.8, 4) is 0 Å². The largest absolute Gasteiger partial charge is 0.266 e. The molecule has 0 spiro atoms. The fourth-order valence-electron chi connectivity index (χ4n) is 2.49. The number of rotatable bonds is 3. The Balaban J connectivity index is 2.19. The minimum Gasteiger partial charge on any atom is -0.266 e. The Morgan fingerprint density at radius 1 is 1.21 bits per heavy atom. The first-order valence-electron chi connectivity index (χ1n) is 6.20. The first-order chi connectivity index (χ1) is 9.01. The predicted molar refractivity (Wildman–Crippen MR) is 78.4 cm³/mol. The molecule has 1 aliphatic rings. The Kier molecular flexibility index (Phi) is 2.95. The summed E-state index contributed by atoms with van der Waals surface area (Å²) in [5, 5.41) is 1.74. The third-order valence-electron chi connectivity index (χ3n) is 3.41. The quantitative estimate of drug-likeness (QED) is 0.814. The van der Waals surface area contributed by atoms with Gasteiger partial charge in [-0.25, -0.2) is 8.42 Å². The van der Waals surface area contributed by atoms with Gasteiger partial charge in [0.05, 0.1) is 10.6 Å². The minimum atomic E-state index is -3.42. The van der Waals surface area contributed by atoms with Gasteiger partial charge >= 0.3 is 0 Å². The van der Waals surface area contributed by atoms with E-state index in [2.05, 4.69) is 0 Å². The first kappa shape index (κ1) is 12.8. The summed E-state index contributed by atoms with van der Waals surface area (Å²) in [5.74, 6) is 0. The molecule has 1 aliphatic heterocycles. The molecule has 0 fully saturated rings. The highest BCUT2D eigenvalue weighted by atomic mass is 35.5. The number of hydrogen-bond donors (Lipinski definition) is 0. The van der Waals surface area contributed by atoms with Crippen molar-refractivity contribution in [2.45, 2.75) is 23.6 Å². The van der Waals surface area contributed by atoms with Crippen LogP contribution in [0.4, 0.5) is 5.69 Å². The van der Waals surface area contributed by atoms with Crippen LogP contribution in [-0.4, -0.2) is 20.3 Å². The summed E-state index contributed by atoms with van der Waals surface area (Å²) in [4.78, 5) is 0.405. The van der Waals surface area contributed by atoms with E-state index < -0.39 is 10.0 Å². The maximum atomic E-state index is 12.6. The number of benzene rings is 2. The molecule has 0 saturated heterocycles. The van der Waals surface area contributed by atoms with Crippen molar-refractivity contribution in [2.24, 2.45) is 0 Å². The molecule has 5 heteroatoms. The zero-order chi connectivity index (χ0) is 13.6. The number of halogens is 1. The van der Waals surface area contributed by atoms with Gasteiger partial charge in [0.2, 0.25) is 0 Å². The van der Waals surface area contributed by atoms with Crippen molar-refractivity contribution in [3.05, 3.63) is 36.4 Å². The van der Waals surface area contributed by atoms with Crippen molar-refractivity contribution >= 4 is 38.1 Å². The van der Waals surface area contributed by atoms with Crippen molar-refractivity contribution in [3.63, 3.8) is 0 Å². The lowest BCUT2D eigenvalue weighted by molar-refractivity contribution is 0.592. The van der Waals surface area contributed by atoms with Crippen LogP contribution in [0.15, 0.2) is 41.3 Å². The topological polar surface area (TPSA) is 37.4 Å². The van der Waals surface area contributed by atoms with Crippen LogP contribution < -0.4 is 4.31 Å². The molecule has 100 valence electrons. The SMILES string of the molecule is CC(Cl)CCN1c2cccc3cccc(c23)S1(=O)=O. The molecule has 2 aromatic carbocycles. The monoisotopic (exact) mass is 295 g/mol. The zero-order valence-electron chi connectivity index (χ0n) is 10.5. The summed E-state index contributed by atoms with van der Waals surface area (Å²) in [5.41, 5.74) is 0.769. The molecule has 0 amide bonds. The highest BCUT2D eigenvalue weighted by molar-refractivity contribution is 7.93. The second-order valence-electron chi connectivity index (χ2n) is 4.78. The third-order valence-corrected chi connectivity index (χ3v) is 5.48. The van der Waals surface area contributed by atoms with E-state index in [4.69, 9.17) is 11.6 Å². The van der Waals surface area contributed by atoms with Crippen molar-refractivity contribution in [1.29, 1.82) is 0 Å². The summed E-state index contributed by atoms with van der Waals surface area (Å²) in [7, 11) is -3.42. The van der Waals surface area contributed by atoms with Gasteiger partial charge in [0, 0.05) is 17.3 Å². The number of hydrogen-bond acceptors (Lipinski definition) is 2. The molecule has 3 rings (SSSR count). The van der Waals surface area contributed by atoms with Crippen LogP contribution in [0, 0.1) is 0 Å². The van der Waals surface area contributed by atoms with Gasteiger partial charge in [-0.2, -0.15) is 0 Å². The Bertz CT molecular complexity index is 735. The number of alkyl halides is 1. The highest BCUT2D eigenvalue weighted by Crippen LogP contribution is 2.41. The summed E-state index contributed by atoms with van der Waals surface area (Å²) >= 11 is 5.94. The van der Waals surface area contributed by atoms with Crippen LogP contribution in [0.1, 0.15) is 13.3 Å². The van der Waals surface area contributed by atoms with Gasteiger partial charge in [0.25, 0.3) is 10.0 Å². The molecule has 0 radical (unpaired) electrons. The van der Waals surface area contributed by atoms with E-state index in [0.717, 1.165) is 16.5 Å². The molecule has 0 aliphatic carbocycles. The smallest absolute Gasteiger partial charge is 0.265 e. The molecule has 2 aromatic rings. The molecule has 0 saturated carbocycles. The second kappa shape index (κ2) is 4.39. The lowest BCUT2D eigenvalue weighted by Crippen LogP contribution is -2.29. The van der Waals surface area contributed by atoms with Gasteiger partial charge in [-0.05, 0) is 30.9 Å². The maximum Gasteiger partial charge on any atom is 0.265 e. The molecule has 3 nitrogen and oxygen atoms in total. The highest BCUT2D eigenvalue weighted by Gasteiger charge is 2.35.